The first kappa shape index (κ1) is 14.5. The molecule has 0 saturated heterocycles. The summed E-state index contributed by atoms with van der Waals surface area (Å²) in [6.45, 7) is 5.64. The summed E-state index contributed by atoms with van der Waals surface area (Å²) in [5, 5.41) is 15.3. The zero-order valence-electron chi connectivity index (χ0n) is 12.5. The Bertz CT molecular complexity index is 819. The lowest BCUT2D eigenvalue weighted by molar-refractivity contribution is -0.118. The molecule has 114 valence electrons. The Morgan fingerprint density at radius 2 is 2.00 bits per heavy atom. The van der Waals surface area contributed by atoms with Crippen molar-refractivity contribution in [1.29, 1.82) is 0 Å². The maximum atomic E-state index is 12.0. The molecule has 8 heteroatoms. The SMILES string of the molecule is Cc1cccc(C)c1OCC(=O)Nc1nn2c(C)nnc2s1. The molecule has 0 bridgehead atoms. The van der Waals surface area contributed by atoms with Crippen LogP contribution in [0.4, 0.5) is 5.13 Å². The number of benzene rings is 1. The van der Waals surface area contributed by atoms with Crippen LogP contribution in [0.5, 0.6) is 5.75 Å². The fraction of sp³-hybridized carbons (Fsp3) is 0.286. The minimum Gasteiger partial charge on any atom is -0.483 e. The minimum atomic E-state index is -0.259. The smallest absolute Gasteiger partial charge is 0.264 e. The fourth-order valence-electron chi connectivity index (χ4n) is 2.09. The molecule has 0 atom stereocenters. The number of carbonyl (C=O) groups excluding carboxylic acids is 1. The number of ether oxygens (including phenoxy) is 1. The summed E-state index contributed by atoms with van der Waals surface area (Å²) in [5.41, 5.74) is 2.00. The highest BCUT2D eigenvalue weighted by molar-refractivity contribution is 7.20. The molecule has 3 aromatic rings. The Labute approximate surface area is 130 Å². The predicted molar refractivity (Wildman–Crippen MR) is 83.4 cm³/mol. The summed E-state index contributed by atoms with van der Waals surface area (Å²) < 4.78 is 7.20. The third-order valence-electron chi connectivity index (χ3n) is 3.15. The number of aromatic nitrogens is 4. The highest BCUT2D eigenvalue weighted by atomic mass is 32.1. The maximum absolute atomic E-state index is 12.0. The van der Waals surface area contributed by atoms with Gasteiger partial charge in [0.25, 0.3) is 5.91 Å². The van der Waals surface area contributed by atoms with Crippen molar-refractivity contribution in [2.24, 2.45) is 0 Å². The van der Waals surface area contributed by atoms with Crippen molar-refractivity contribution in [1.82, 2.24) is 19.8 Å². The highest BCUT2D eigenvalue weighted by Gasteiger charge is 2.12. The third-order valence-corrected chi connectivity index (χ3v) is 3.96. The first-order valence-electron chi connectivity index (χ1n) is 6.72. The van der Waals surface area contributed by atoms with Crippen molar-refractivity contribution in [2.75, 3.05) is 11.9 Å². The topological polar surface area (TPSA) is 81.4 Å². The number of hydrogen-bond acceptors (Lipinski definition) is 6. The van der Waals surface area contributed by atoms with Gasteiger partial charge in [0.15, 0.2) is 12.4 Å². The van der Waals surface area contributed by atoms with Gasteiger partial charge in [0, 0.05) is 0 Å². The van der Waals surface area contributed by atoms with Gasteiger partial charge >= 0.3 is 0 Å². The normalized spacial score (nSPS) is 10.9. The summed E-state index contributed by atoms with van der Waals surface area (Å²) >= 11 is 1.27. The lowest BCUT2D eigenvalue weighted by Crippen LogP contribution is -2.20. The molecule has 3 rings (SSSR count). The molecule has 2 heterocycles. The van der Waals surface area contributed by atoms with E-state index in [1.807, 2.05) is 32.0 Å². The molecule has 0 unspecified atom stereocenters. The molecule has 0 spiro atoms. The van der Waals surface area contributed by atoms with Crippen molar-refractivity contribution < 1.29 is 9.53 Å². The van der Waals surface area contributed by atoms with Crippen molar-refractivity contribution in [2.45, 2.75) is 20.8 Å². The molecule has 0 aliphatic heterocycles. The summed E-state index contributed by atoms with van der Waals surface area (Å²) in [6, 6.07) is 5.86. The van der Waals surface area contributed by atoms with Gasteiger partial charge in [-0.05, 0) is 31.9 Å². The van der Waals surface area contributed by atoms with Crippen LogP contribution in [0, 0.1) is 20.8 Å². The Morgan fingerprint density at radius 1 is 1.27 bits per heavy atom. The molecule has 0 saturated carbocycles. The van der Waals surface area contributed by atoms with Gasteiger partial charge in [-0.15, -0.1) is 15.3 Å². The quantitative estimate of drug-likeness (QED) is 0.797. The van der Waals surface area contributed by atoms with E-state index in [9.17, 15) is 4.79 Å². The van der Waals surface area contributed by atoms with Crippen LogP contribution in [0.15, 0.2) is 18.2 Å². The number of anilines is 1. The molecule has 0 radical (unpaired) electrons. The van der Waals surface area contributed by atoms with Crippen LogP contribution >= 0.6 is 11.3 Å². The van der Waals surface area contributed by atoms with E-state index in [0.717, 1.165) is 16.9 Å². The molecule has 0 aliphatic carbocycles. The Morgan fingerprint density at radius 3 is 2.68 bits per heavy atom. The van der Waals surface area contributed by atoms with Crippen molar-refractivity contribution in [3.8, 4) is 5.75 Å². The predicted octanol–water partition coefficient (Wildman–Crippen LogP) is 2.13. The van der Waals surface area contributed by atoms with E-state index >= 15 is 0 Å². The molecule has 22 heavy (non-hydrogen) atoms. The van der Waals surface area contributed by atoms with Gasteiger partial charge in [-0.1, -0.05) is 29.5 Å². The lowest BCUT2D eigenvalue weighted by atomic mass is 10.1. The van der Waals surface area contributed by atoms with Crippen LogP contribution in [0.25, 0.3) is 4.96 Å². The molecule has 0 aliphatic rings. The van der Waals surface area contributed by atoms with Crippen molar-refractivity contribution >= 4 is 27.3 Å². The number of nitrogens with one attached hydrogen (secondary N) is 1. The number of hydrogen-bond donors (Lipinski definition) is 1. The molecule has 0 fully saturated rings. The molecular formula is C14H15N5O2S. The lowest BCUT2D eigenvalue weighted by Gasteiger charge is -2.11. The second-order valence-electron chi connectivity index (χ2n) is 4.91. The Kier molecular flexibility index (Phi) is 3.76. The van der Waals surface area contributed by atoms with Gasteiger partial charge in [-0.2, -0.15) is 4.52 Å². The second-order valence-corrected chi connectivity index (χ2v) is 5.86. The summed E-state index contributed by atoms with van der Waals surface area (Å²) in [4.78, 5) is 12.6. The van der Waals surface area contributed by atoms with Crippen LogP contribution in [0.3, 0.4) is 0 Å². The van der Waals surface area contributed by atoms with Crippen LogP contribution in [0.1, 0.15) is 17.0 Å². The zero-order chi connectivity index (χ0) is 15.7. The first-order valence-corrected chi connectivity index (χ1v) is 7.54. The number of nitrogens with zero attached hydrogens (tertiary/aromatic N) is 4. The third kappa shape index (κ3) is 2.77. The summed E-state index contributed by atoms with van der Waals surface area (Å²) in [6.07, 6.45) is 0. The number of rotatable bonds is 4. The maximum Gasteiger partial charge on any atom is 0.264 e. The molecule has 1 amide bonds. The van der Waals surface area contributed by atoms with Gasteiger partial charge in [-0.3, -0.25) is 10.1 Å². The van der Waals surface area contributed by atoms with Gasteiger partial charge < -0.3 is 4.74 Å². The summed E-state index contributed by atoms with van der Waals surface area (Å²) in [7, 11) is 0. The van der Waals surface area contributed by atoms with Gasteiger partial charge in [0.05, 0.1) is 0 Å². The largest absolute Gasteiger partial charge is 0.483 e. The van der Waals surface area contributed by atoms with Crippen molar-refractivity contribution in [3.63, 3.8) is 0 Å². The van der Waals surface area contributed by atoms with E-state index < -0.39 is 0 Å². The van der Waals surface area contributed by atoms with Gasteiger partial charge in [0.1, 0.15) is 5.75 Å². The molecular weight excluding hydrogens is 302 g/mol. The Hall–Kier alpha value is -2.48. The van der Waals surface area contributed by atoms with E-state index in [0.29, 0.717) is 15.9 Å². The highest BCUT2D eigenvalue weighted by Crippen LogP contribution is 2.22. The van der Waals surface area contributed by atoms with E-state index in [1.54, 1.807) is 11.4 Å². The average Bonchev–Trinajstić information content (AvgIpc) is 3.00. The Balaban J connectivity index is 1.65. The van der Waals surface area contributed by atoms with E-state index in [-0.39, 0.29) is 12.5 Å². The second kappa shape index (κ2) is 5.72. The number of amides is 1. The van der Waals surface area contributed by atoms with Crippen LogP contribution in [-0.4, -0.2) is 32.3 Å². The number of fused-ring (bicyclic) bond motifs is 1. The number of para-hydroxylation sites is 1. The molecule has 1 aromatic carbocycles. The van der Waals surface area contributed by atoms with Crippen molar-refractivity contribution in [3.05, 3.63) is 35.2 Å². The molecule has 7 nitrogen and oxygen atoms in total. The standard InChI is InChI=1S/C14H15N5O2S/c1-8-5-4-6-9(2)12(8)21-7-11(20)15-13-18-19-10(3)16-17-14(19)22-13/h4-6H,7H2,1-3H3,(H,15,18,20). The first-order chi connectivity index (χ1) is 10.5. The minimum absolute atomic E-state index is 0.0647. The molecule has 1 N–H and O–H groups in total. The van der Waals surface area contributed by atoms with Crippen LogP contribution in [0.2, 0.25) is 0 Å². The van der Waals surface area contributed by atoms with Gasteiger partial charge in [-0.25, -0.2) is 0 Å². The van der Waals surface area contributed by atoms with E-state index in [1.165, 1.54) is 11.3 Å². The number of aryl methyl sites for hydroxylation is 3. The zero-order valence-corrected chi connectivity index (χ0v) is 13.3. The van der Waals surface area contributed by atoms with Crippen LogP contribution < -0.4 is 10.1 Å². The van der Waals surface area contributed by atoms with E-state index in [2.05, 4.69) is 20.6 Å². The fourth-order valence-corrected chi connectivity index (χ4v) is 2.89. The van der Waals surface area contributed by atoms with Gasteiger partial charge in [0.2, 0.25) is 10.1 Å². The molecule has 2 aromatic heterocycles. The number of carbonyl (C=O) groups is 1. The monoisotopic (exact) mass is 317 g/mol. The van der Waals surface area contributed by atoms with E-state index in [4.69, 9.17) is 4.74 Å². The summed E-state index contributed by atoms with van der Waals surface area (Å²) in [5.74, 6) is 1.16. The van der Waals surface area contributed by atoms with Crippen LogP contribution in [-0.2, 0) is 4.79 Å². The average molecular weight is 317 g/mol.